The molecule has 0 N–H and O–H groups in total. The lowest BCUT2D eigenvalue weighted by Gasteiger charge is -2.25. The molecule has 3 aromatic rings. The minimum absolute atomic E-state index is 0.0757. The van der Waals surface area contributed by atoms with E-state index in [0.717, 1.165) is 28.1 Å². The highest BCUT2D eigenvalue weighted by molar-refractivity contribution is 6.31. The summed E-state index contributed by atoms with van der Waals surface area (Å²) < 4.78 is 5.09. The van der Waals surface area contributed by atoms with Crippen LogP contribution in [0.4, 0.5) is 5.69 Å². The number of hydrogen-bond donors (Lipinski definition) is 0. The number of carbonyl (C=O) groups excluding carboxylic acids is 1. The second-order valence-corrected chi connectivity index (χ2v) is 6.77. The topological polar surface area (TPSA) is 68.2 Å². The van der Waals surface area contributed by atoms with Crippen LogP contribution in [0.15, 0.2) is 42.7 Å². The summed E-state index contributed by atoms with van der Waals surface area (Å²) in [4.78, 5) is 27.3. The van der Waals surface area contributed by atoms with Crippen LogP contribution in [0.2, 0.25) is 5.02 Å². The van der Waals surface area contributed by atoms with Crippen LogP contribution in [0.25, 0.3) is 23.5 Å². The Bertz CT molecular complexity index is 1080. The SMILES string of the molecule is COc1ccc(-c2ncc3c(n2)C=Cc2ccc(Cl)cc2N(C(C)=O)C3)cn1. The van der Waals surface area contributed by atoms with Gasteiger partial charge < -0.3 is 9.64 Å². The first-order valence-corrected chi connectivity index (χ1v) is 9.05. The van der Waals surface area contributed by atoms with Gasteiger partial charge in [0, 0.05) is 41.5 Å². The Hall–Kier alpha value is -3.25. The number of halogens is 1. The average Bonchev–Trinajstić information content (AvgIpc) is 2.70. The fraction of sp³-hybridized carbons (Fsp3) is 0.143. The van der Waals surface area contributed by atoms with Gasteiger partial charge in [-0.3, -0.25) is 4.79 Å². The summed E-state index contributed by atoms with van der Waals surface area (Å²) >= 11 is 6.15. The van der Waals surface area contributed by atoms with Crippen LogP contribution in [0.3, 0.4) is 0 Å². The Kier molecular flexibility index (Phi) is 4.79. The highest BCUT2D eigenvalue weighted by atomic mass is 35.5. The second-order valence-electron chi connectivity index (χ2n) is 6.33. The van der Waals surface area contributed by atoms with Crippen molar-refractivity contribution in [3.63, 3.8) is 0 Å². The third-order valence-corrected chi connectivity index (χ3v) is 4.75. The lowest BCUT2D eigenvalue weighted by molar-refractivity contribution is -0.116. The summed E-state index contributed by atoms with van der Waals surface area (Å²) in [5, 5.41) is 0.581. The predicted molar refractivity (Wildman–Crippen MR) is 109 cm³/mol. The van der Waals surface area contributed by atoms with Crippen molar-refractivity contribution < 1.29 is 9.53 Å². The van der Waals surface area contributed by atoms with Gasteiger partial charge in [0.2, 0.25) is 11.8 Å². The van der Waals surface area contributed by atoms with Crippen molar-refractivity contribution in [2.45, 2.75) is 13.5 Å². The third-order valence-electron chi connectivity index (χ3n) is 4.51. The van der Waals surface area contributed by atoms with Gasteiger partial charge in [-0.2, -0.15) is 0 Å². The maximum atomic E-state index is 12.3. The third kappa shape index (κ3) is 3.46. The Morgan fingerprint density at radius 1 is 1.14 bits per heavy atom. The Labute approximate surface area is 167 Å². The lowest BCUT2D eigenvalue weighted by Crippen LogP contribution is -2.29. The van der Waals surface area contributed by atoms with Crippen molar-refractivity contribution in [3.05, 3.63) is 64.6 Å². The molecular formula is C21H17ClN4O2. The molecule has 0 radical (unpaired) electrons. The first-order chi connectivity index (χ1) is 13.5. The fourth-order valence-corrected chi connectivity index (χ4v) is 3.22. The molecule has 7 heteroatoms. The molecule has 0 atom stereocenters. The van der Waals surface area contributed by atoms with Crippen LogP contribution >= 0.6 is 11.6 Å². The minimum Gasteiger partial charge on any atom is -0.481 e. The maximum Gasteiger partial charge on any atom is 0.224 e. The molecule has 0 saturated carbocycles. The van der Waals surface area contributed by atoms with E-state index in [0.29, 0.717) is 23.3 Å². The summed E-state index contributed by atoms with van der Waals surface area (Å²) in [6.45, 7) is 1.90. The van der Waals surface area contributed by atoms with Crippen molar-refractivity contribution >= 4 is 35.3 Å². The van der Waals surface area contributed by atoms with Gasteiger partial charge in [-0.1, -0.05) is 23.7 Å². The first-order valence-electron chi connectivity index (χ1n) is 8.67. The van der Waals surface area contributed by atoms with Gasteiger partial charge in [0.1, 0.15) is 0 Å². The molecule has 0 aliphatic carbocycles. The minimum atomic E-state index is -0.0757. The van der Waals surface area contributed by atoms with Gasteiger partial charge in [0.25, 0.3) is 0 Å². The molecule has 4 rings (SSSR count). The predicted octanol–water partition coefficient (Wildman–Crippen LogP) is 4.24. The van der Waals surface area contributed by atoms with Crippen molar-refractivity contribution in [2.24, 2.45) is 0 Å². The monoisotopic (exact) mass is 392 g/mol. The molecule has 0 spiro atoms. The number of amides is 1. The number of methoxy groups -OCH3 is 1. The highest BCUT2D eigenvalue weighted by Gasteiger charge is 2.20. The largest absolute Gasteiger partial charge is 0.481 e. The number of anilines is 1. The molecule has 1 aromatic carbocycles. The molecule has 1 amide bonds. The summed E-state index contributed by atoms with van der Waals surface area (Å²) in [7, 11) is 1.57. The van der Waals surface area contributed by atoms with Gasteiger partial charge in [-0.05, 0) is 29.8 Å². The van der Waals surface area contributed by atoms with Crippen LogP contribution in [0.1, 0.15) is 23.7 Å². The molecule has 2 aromatic heterocycles. The van der Waals surface area contributed by atoms with Crippen LogP contribution in [-0.2, 0) is 11.3 Å². The van der Waals surface area contributed by atoms with Gasteiger partial charge in [-0.15, -0.1) is 0 Å². The van der Waals surface area contributed by atoms with Crippen molar-refractivity contribution in [1.29, 1.82) is 0 Å². The second kappa shape index (κ2) is 7.40. The van der Waals surface area contributed by atoms with Gasteiger partial charge in [0.15, 0.2) is 5.82 Å². The number of ether oxygens (including phenoxy) is 1. The Morgan fingerprint density at radius 2 is 2.00 bits per heavy atom. The van der Waals surface area contributed by atoms with Crippen molar-refractivity contribution in [1.82, 2.24) is 15.0 Å². The summed E-state index contributed by atoms with van der Waals surface area (Å²) in [5.74, 6) is 1.01. The molecule has 0 bridgehead atoms. The van der Waals surface area contributed by atoms with E-state index >= 15 is 0 Å². The zero-order valence-electron chi connectivity index (χ0n) is 15.4. The van der Waals surface area contributed by atoms with E-state index < -0.39 is 0 Å². The van der Waals surface area contributed by atoms with Crippen molar-refractivity contribution in [2.75, 3.05) is 12.0 Å². The van der Waals surface area contributed by atoms with E-state index in [9.17, 15) is 4.79 Å². The zero-order chi connectivity index (χ0) is 19.7. The number of rotatable bonds is 2. The Balaban J connectivity index is 1.79. The summed E-state index contributed by atoms with van der Waals surface area (Å²) in [5.41, 5.74) is 4.06. The van der Waals surface area contributed by atoms with Gasteiger partial charge in [0.05, 0.1) is 25.0 Å². The van der Waals surface area contributed by atoms with E-state index in [1.54, 1.807) is 42.6 Å². The van der Waals surface area contributed by atoms with Crippen LogP contribution in [0, 0.1) is 0 Å². The smallest absolute Gasteiger partial charge is 0.224 e. The molecule has 0 fully saturated rings. The number of hydrogen-bond acceptors (Lipinski definition) is 5. The molecule has 28 heavy (non-hydrogen) atoms. The number of pyridine rings is 1. The maximum absolute atomic E-state index is 12.3. The van der Waals surface area contributed by atoms with E-state index in [1.165, 1.54) is 6.92 Å². The highest BCUT2D eigenvalue weighted by Crippen LogP contribution is 2.31. The Morgan fingerprint density at radius 3 is 2.71 bits per heavy atom. The van der Waals surface area contributed by atoms with Crippen molar-refractivity contribution in [3.8, 4) is 17.3 Å². The normalized spacial score (nSPS) is 12.6. The van der Waals surface area contributed by atoms with Crippen LogP contribution in [-0.4, -0.2) is 28.0 Å². The van der Waals surface area contributed by atoms with Crippen LogP contribution in [0.5, 0.6) is 5.88 Å². The van der Waals surface area contributed by atoms with E-state index in [-0.39, 0.29) is 5.91 Å². The number of carbonyl (C=O) groups is 1. The molecule has 3 heterocycles. The number of fused-ring (bicyclic) bond motifs is 2. The molecule has 6 nitrogen and oxygen atoms in total. The van der Waals surface area contributed by atoms with Gasteiger partial charge >= 0.3 is 0 Å². The van der Waals surface area contributed by atoms with Crippen LogP contribution < -0.4 is 9.64 Å². The molecule has 0 unspecified atom stereocenters. The average molecular weight is 393 g/mol. The van der Waals surface area contributed by atoms with Gasteiger partial charge in [-0.25, -0.2) is 15.0 Å². The quantitative estimate of drug-likeness (QED) is 0.652. The van der Waals surface area contributed by atoms with E-state index in [2.05, 4.69) is 15.0 Å². The zero-order valence-corrected chi connectivity index (χ0v) is 16.1. The standard InChI is InChI=1S/C21H17ClN4O2/c1-13(27)26-12-16-11-24-21(15-5-8-20(28-2)23-10-15)25-18(16)7-4-14-3-6-17(22)9-19(14)26/h3-11H,12H2,1-2H3. The number of nitrogens with zero attached hydrogens (tertiary/aromatic N) is 4. The summed E-state index contributed by atoms with van der Waals surface area (Å²) in [6, 6.07) is 9.12. The number of benzene rings is 1. The first kappa shape index (κ1) is 18.1. The lowest BCUT2D eigenvalue weighted by atomic mass is 10.1. The molecule has 1 aliphatic heterocycles. The molecule has 1 aliphatic rings. The molecule has 140 valence electrons. The molecular weight excluding hydrogens is 376 g/mol. The fourth-order valence-electron chi connectivity index (χ4n) is 3.06. The molecule has 0 saturated heterocycles. The summed E-state index contributed by atoms with van der Waals surface area (Å²) in [6.07, 6.45) is 7.29. The van der Waals surface area contributed by atoms with E-state index in [4.69, 9.17) is 16.3 Å². The number of aromatic nitrogens is 3. The van der Waals surface area contributed by atoms with E-state index in [1.807, 2.05) is 24.3 Å².